The molecule has 0 aromatic rings. The highest BCUT2D eigenvalue weighted by atomic mass is 16.1. The van der Waals surface area contributed by atoms with Crippen LogP contribution in [0.3, 0.4) is 0 Å². The van der Waals surface area contributed by atoms with Gasteiger partial charge in [-0.25, -0.2) is 0 Å². The van der Waals surface area contributed by atoms with Crippen LogP contribution in [0.2, 0.25) is 0 Å². The van der Waals surface area contributed by atoms with Crippen LogP contribution in [-0.4, -0.2) is 5.78 Å². The Hall–Kier alpha value is -0.330. The summed E-state index contributed by atoms with van der Waals surface area (Å²) in [6.07, 6.45) is 3.00. The van der Waals surface area contributed by atoms with E-state index in [0.717, 1.165) is 18.8 Å². The Balaban J connectivity index is 0. The summed E-state index contributed by atoms with van der Waals surface area (Å²) in [6.45, 7) is 10.0. The SMILES string of the molecule is CC.CC(=O)CCCC(C)C. The Bertz CT molecular complexity index is 84.9. The van der Waals surface area contributed by atoms with E-state index < -0.39 is 0 Å². The van der Waals surface area contributed by atoms with Gasteiger partial charge in [0.05, 0.1) is 0 Å². The highest BCUT2D eigenvalue weighted by molar-refractivity contribution is 5.75. The number of Topliss-reactive ketones (excluding diaryl/α,β-unsaturated/α-hetero) is 1. The van der Waals surface area contributed by atoms with E-state index in [2.05, 4.69) is 13.8 Å². The quantitative estimate of drug-likeness (QED) is 0.612. The molecule has 0 spiro atoms. The molecular weight excluding hydrogens is 136 g/mol. The minimum Gasteiger partial charge on any atom is -0.300 e. The Morgan fingerprint density at radius 3 is 2.00 bits per heavy atom. The number of ketones is 1. The standard InChI is InChI=1S/C8H16O.C2H6/c1-7(2)5-4-6-8(3)9;1-2/h7H,4-6H2,1-3H3;1-2H3. The summed E-state index contributed by atoms with van der Waals surface area (Å²) in [7, 11) is 0. The lowest BCUT2D eigenvalue weighted by molar-refractivity contribution is -0.117. The number of hydrogen-bond donors (Lipinski definition) is 0. The number of hydrogen-bond acceptors (Lipinski definition) is 1. The molecule has 1 nitrogen and oxygen atoms in total. The summed E-state index contributed by atoms with van der Waals surface area (Å²) in [5, 5.41) is 0. The van der Waals surface area contributed by atoms with E-state index in [0.29, 0.717) is 5.78 Å². The molecule has 0 aliphatic carbocycles. The van der Waals surface area contributed by atoms with Crippen molar-refractivity contribution in [3.63, 3.8) is 0 Å². The zero-order valence-electron chi connectivity index (χ0n) is 8.61. The van der Waals surface area contributed by atoms with Crippen molar-refractivity contribution in [2.24, 2.45) is 5.92 Å². The van der Waals surface area contributed by atoms with E-state index in [-0.39, 0.29) is 0 Å². The van der Waals surface area contributed by atoms with Crippen LogP contribution in [0.4, 0.5) is 0 Å². The minimum absolute atomic E-state index is 0.315. The minimum atomic E-state index is 0.315. The van der Waals surface area contributed by atoms with Gasteiger partial charge in [-0.3, -0.25) is 0 Å². The lowest BCUT2D eigenvalue weighted by atomic mass is 10.1. The van der Waals surface area contributed by atoms with Crippen molar-refractivity contribution in [1.82, 2.24) is 0 Å². The van der Waals surface area contributed by atoms with E-state index >= 15 is 0 Å². The predicted molar refractivity (Wildman–Crippen MR) is 50.7 cm³/mol. The zero-order chi connectivity index (χ0) is 9.28. The lowest BCUT2D eigenvalue weighted by Gasteiger charge is -2.00. The number of carbonyl (C=O) groups excluding carboxylic acids is 1. The van der Waals surface area contributed by atoms with E-state index in [9.17, 15) is 4.79 Å². The van der Waals surface area contributed by atoms with Crippen LogP contribution in [0.5, 0.6) is 0 Å². The van der Waals surface area contributed by atoms with Gasteiger partial charge in [0, 0.05) is 6.42 Å². The topological polar surface area (TPSA) is 17.1 Å². The lowest BCUT2D eigenvalue weighted by Crippen LogP contribution is -1.92. The zero-order valence-corrected chi connectivity index (χ0v) is 8.61. The van der Waals surface area contributed by atoms with Crippen molar-refractivity contribution >= 4 is 5.78 Å². The smallest absolute Gasteiger partial charge is 0.129 e. The van der Waals surface area contributed by atoms with Crippen LogP contribution in [0.15, 0.2) is 0 Å². The second-order valence-electron chi connectivity index (χ2n) is 2.99. The molecule has 0 aliphatic rings. The fourth-order valence-electron chi connectivity index (χ4n) is 0.759. The molecule has 0 saturated heterocycles. The van der Waals surface area contributed by atoms with Gasteiger partial charge < -0.3 is 4.79 Å². The van der Waals surface area contributed by atoms with Gasteiger partial charge >= 0.3 is 0 Å². The fourth-order valence-corrected chi connectivity index (χ4v) is 0.759. The van der Waals surface area contributed by atoms with Crippen LogP contribution in [0.1, 0.15) is 53.9 Å². The number of carbonyl (C=O) groups is 1. The highest BCUT2D eigenvalue weighted by Gasteiger charge is 1.95. The van der Waals surface area contributed by atoms with Crippen molar-refractivity contribution in [3.8, 4) is 0 Å². The van der Waals surface area contributed by atoms with E-state index in [1.165, 1.54) is 6.42 Å². The summed E-state index contributed by atoms with van der Waals surface area (Å²) in [5.41, 5.74) is 0. The van der Waals surface area contributed by atoms with Gasteiger partial charge in [-0.1, -0.05) is 34.1 Å². The first-order chi connectivity index (χ1) is 5.13. The van der Waals surface area contributed by atoms with Crippen LogP contribution in [0, 0.1) is 5.92 Å². The molecule has 0 heterocycles. The van der Waals surface area contributed by atoms with Crippen LogP contribution in [0.25, 0.3) is 0 Å². The average molecular weight is 158 g/mol. The summed E-state index contributed by atoms with van der Waals surface area (Å²) in [5.74, 6) is 1.06. The molecule has 0 bridgehead atoms. The average Bonchev–Trinajstić information content (AvgIpc) is 1.90. The molecular formula is C10H22O. The third-order valence-corrected chi connectivity index (χ3v) is 1.31. The van der Waals surface area contributed by atoms with Gasteiger partial charge in [-0.05, 0) is 19.3 Å². The molecule has 0 unspecified atom stereocenters. The molecule has 0 radical (unpaired) electrons. The van der Waals surface area contributed by atoms with Gasteiger partial charge in [-0.2, -0.15) is 0 Å². The first kappa shape index (κ1) is 13.3. The summed E-state index contributed by atoms with van der Waals surface area (Å²) < 4.78 is 0. The Morgan fingerprint density at radius 2 is 1.73 bits per heavy atom. The maximum Gasteiger partial charge on any atom is 0.129 e. The Morgan fingerprint density at radius 1 is 1.27 bits per heavy atom. The van der Waals surface area contributed by atoms with E-state index in [4.69, 9.17) is 0 Å². The Kier molecular flexibility index (Phi) is 11.7. The molecule has 1 heteroatoms. The van der Waals surface area contributed by atoms with Crippen LogP contribution < -0.4 is 0 Å². The molecule has 0 aromatic carbocycles. The Labute approximate surface area is 71.2 Å². The second-order valence-corrected chi connectivity index (χ2v) is 2.99. The summed E-state index contributed by atoms with van der Waals surface area (Å²) in [4.78, 5) is 10.4. The van der Waals surface area contributed by atoms with Crippen molar-refractivity contribution in [1.29, 1.82) is 0 Å². The molecule has 0 rings (SSSR count). The predicted octanol–water partition coefficient (Wildman–Crippen LogP) is 3.43. The van der Waals surface area contributed by atoms with Crippen LogP contribution in [-0.2, 0) is 4.79 Å². The third kappa shape index (κ3) is 17.7. The molecule has 0 amide bonds. The summed E-state index contributed by atoms with van der Waals surface area (Å²) >= 11 is 0. The van der Waals surface area contributed by atoms with E-state index in [1.54, 1.807) is 6.92 Å². The summed E-state index contributed by atoms with van der Waals surface area (Å²) in [6, 6.07) is 0. The maximum atomic E-state index is 10.4. The van der Waals surface area contributed by atoms with Gasteiger partial charge in [0.15, 0.2) is 0 Å². The second kappa shape index (κ2) is 9.67. The third-order valence-electron chi connectivity index (χ3n) is 1.31. The van der Waals surface area contributed by atoms with Crippen molar-refractivity contribution < 1.29 is 4.79 Å². The maximum absolute atomic E-state index is 10.4. The van der Waals surface area contributed by atoms with Crippen molar-refractivity contribution in [3.05, 3.63) is 0 Å². The van der Waals surface area contributed by atoms with Crippen LogP contribution >= 0.6 is 0 Å². The molecule has 0 atom stereocenters. The molecule has 0 saturated carbocycles. The van der Waals surface area contributed by atoms with E-state index in [1.807, 2.05) is 13.8 Å². The number of rotatable bonds is 4. The largest absolute Gasteiger partial charge is 0.300 e. The fraction of sp³-hybridized carbons (Fsp3) is 0.900. The molecule has 68 valence electrons. The van der Waals surface area contributed by atoms with Gasteiger partial charge in [-0.15, -0.1) is 0 Å². The van der Waals surface area contributed by atoms with Crippen molar-refractivity contribution in [2.75, 3.05) is 0 Å². The highest BCUT2D eigenvalue weighted by Crippen LogP contribution is 2.05. The van der Waals surface area contributed by atoms with Crippen molar-refractivity contribution in [2.45, 2.75) is 53.9 Å². The first-order valence-corrected chi connectivity index (χ1v) is 4.62. The van der Waals surface area contributed by atoms with Gasteiger partial charge in [0.25, 0.3) is 0 Å². The molecule has 0 N–H and O–H groups in total. The van der Waals surface area contributed by atoms with Gasteiger partial charge in [0.2, 0.25) is 0 Å². The normalized spacial score (nSPS) is 8.91. The monoisotopic (exact) mass is 158 g/mol. The first-order valence-electron chi connectivity index (χ1n) is 4.62. The molecule has 0 fully saturated rings. The molecule has 0 aliphatic heterocycles. The molecule has 11 heavy (non-hydrogen) atoms. The molecule has 0 aromatic heterocycles. The van der Waals surface area contributed by atoms with Gasteiger partial charge in [0.1, 0.15) is 5.78 Å².